The highest BCUT2D eigenvalue weighted by molar-refractivity contribution is 14.1. The van der Waals surface area contributed by atoms with Gasteiger partial charge in [-0.05, 0) is 67.1 Å². The van der Waals surface area contributed by atoms with E-state index in [2.05, 4.69) is 27.9 Å². The SMILES string of the molecule is CC(C)(C)OC(=O)Nc1ccc(I)cc1CN. The maximum Gasteiger partial charge on any atom is 0.412 e. The number of hydrogen-bond donors (Lipinski definition) is 2. The van der Waals surface area contributed by atoms with Crippen molar-refractivity contribution in [1.29, 1.82) is 0 Å². The van der Waals surface area contributed by atoms with E-state index in [9.17, 15) is 4.79 Å². The van der Waals surface area contributed by atoms with Gasteiger partial charge in [0.15, 0.2) is 0 Å². The van der Waals surface area contributed by atoms with Gasteiger partial charge in [-0.15, -0.1) is 0 Å². The topological polar surface area (TPSA) is 64.3 Å². The molecule has 0 bridgehead atoms. The fourth-order valence-electron chi connectivity index (χ4n) is 1.27. The summed E-state index contributed by atoms with van der Waals surface area (Å²) in [5.41, 5.74) is 6.71. The molecule has 0 atom stereocenters. The number of amides is 1. The number of rotatable bonds is 2. The van der Waals surface area contributed by atoms with Crippen LogP contribution in [-0.4, -0.2) is 11.7 Å². The molecule has 0 aromatic heterocycles. The molecule has 4 nitrogen and oxygen atoms in total. The van der Waals surface area contributed by atoms with Crippen LogP contribution >= 0.6 is 22.6 Å². The highest BCUT2D eigenvalue weighted by Crippen LogP contribution is 2.19. The van der Waals surface area contributed by atoms with Crippen molar-refractivity contribution in [3.63, 3.8) is 0 Å². The summed E-state index contributed by atoms with van der Waals surface area (Å²) < 4.78 is 6.26. The van der Waals surface area contributed by atoms with Crippen molar-refractivity contribution in [2.45, 2.75) is 32.9 Å². The Morgan fingerprint density at radius 1 is 1.47 bits per heavy atom. The molecule has 0 heterocycles. The summed E-state index contributed by atoms with van der Waals surface area (Å²) in [6.07, 6.45) is -0.464. The maximum atomic E-state index is 11.6. The number of anilines is 1. The molecule has 1 amide bonds. The van der Waals surface area contributed by atoms with E-state index in [1.807, 2.05) is 39.0 Å². The number of halogens is 1. The minimum Gasteiger partial charge on any atom is -0.444 e. The number of nitrogens with one attached hydrogen (secondary N) is 1. The van der Waals surface area contributed by atoms with Crippen molar-refractivity contribution < 1.29 is 9.53 Å². The molecule has 1 rings (SSSR count). The van der Waals surface area contributed by atoms with Crippen molar-refractivity contribution in [2.75, 3.05) is 5.32 Å². The fraction of sp³-hybridized carbons (Fsp3) is 0.417. The first-order valence-corrected chi connectivity index (χ1v) is 6.38. The Balaban J connectivity index is 2.78. The van der Waals surface area contributed by atoms with Gasteiger partial charge >= 0.3 is 6.09 Å². The molecule has 0 saturated heterocycles. The second kappa shape index (κ2) is 5.68. The van der Waals surface area contributed by atoms with Gasteiger partial charge in [0.1, 0.15) is 5.60 Å². The van der Waals surface area contributed by atoms with Gasteiger partial charge in [0.2, 0.25) is 0 Å². The van der Waals surface area contributed by atoms with Gasteiger partial charge in [-0.1, -0.05) is 0 Å². The molecule has 0 saturated carbocycles. The third-order valence-electron chi connectivity index (χ3n) is 1.92. The molecule has 0 fully saturated rings. The zero-order chi connectivity index (χ0) is 13.1. The summed E-state index contributed by atoms with van der Waals surface area (Å²) in [5, 5.41) is 2.70. The van der Waals surface area contributed by atoms with Crippen LogP contribution in [-0.2, 0) is 11.3 Å². The largest absolute Gasteiger partial charge is 0.444 e. The smallest absolute Gasteiger partial charge is 0.412 e. The zero-order valence-corrected chi connectivity index (χ0v) is 12.4. The molecule has 0 unspecified atom stereocenters. The van der Waals surface area contributed by atoms with Crippen molar-refractivity contribution >= 4 is 34.4 Å². The Morgan fingerprint density at radius 2 is 2.12 bits per heavy atom. The molecular weight excluding hydrogens is 331 g/mol. The van der Waals surface area contributed by atoms with Crippen LogP contribution in [0.3, 0.4) is 0 Å². The Morgan fingerprint density at radius 3 is 2.65 bits per heavy atom. The third kappa shape index (κ3) is 4.91. The predicted octanol–water partition coefficient (Wildman–Crippen LogP) is 3.10. The van der Waals surface area contributed by atoms with Gasteiger partial charge in [0.25, 0.3) is 0 Å². The van der Waals surface area contributed by atoms with Gasteiger partial charge < -0.3 is 10.5 Å². The Bertz CT molecular complexity index is 413. The van der Waals surface area contributed by atoms with Crippen LogP contribution in [0.5, 0.6) is 0 Å². The van der Waals surface area contributed by atoms with E-state index >= 15 is 0 Å². The molecule has 0 aliphatic carbocycles. The van der Waals surface area contributed by atoms with Crippen LogP contribution in [0.4, 0.5) is 10.5 Å². The highest BCUT2D eigenvalue weighted by Gasteiger charge is 2.16. The average molecular weight is 348 g/mol. The average Bonchev–Trinajstić information content (AvgIpc) is 2.17. The molecule has 0 spiro atoms. The molecular formula is C12H17IN2O2. The monoisotopic (exact) mass is 348 g/mol. The second-order valence-electron chi connectivity index (χ2n) is 4.63. The lowest BCUT2D eigenvalue weighted by Gasteiger charge is -2.20. The fourth-order valence-corrected chi connectivity index (χ4v) is 1.82. The molecule has 1 aromatic carbocycles. The quantitative estimate of drug-likeness (QED) is 0.808. The molecule has 0 aliphatic rings. The number of carbonyl (C=O) groups excluding carboxylic acids is 1. The lowest BCUT2D eigenvalue weighted by Crippen LogP contribution is -2.27. The van der Waals surface area contributed by atoms with E-state index < -0.39 is 11.7 Å². The summed E-state index contributed by atoms with van der Waals surface area (Å²) in [4.78, 5) is 11.6. The standard InChI is InChI=1S/C12H17IN2O2/c1-12(2,3)17-11(16)15-10-5-4-9(13)6-8(10)7-14/h4-6H,7,14H2,1-3H3,(H,15,16). The minimum atomic E-state index is -0.504. The van der Waals surface area contributed by atoms with E-state index in [1.165, 1.54) is 0 Å². The first-order chi connectivity index (χ1) is 7.81. The molecule has 17 heavy (non-hydrogen) atoms. The normalized spacial score (nSPS) is 11.1. The summed E-state index contributed by atoms with van der Waals surface area (Å²) in [5.74, 6) is 0. The zero-order valence-electron chi connectivity index (χ0n) is 10.2. The lowest BCUT2D eigenvalue weighted by atomic mass is 10.2. The summed E-state index contributed by atoms with van der Waals surface area (Å²) >= 11 is 2.20. The van der Waals surface area contributed by atoms with Crippen molar-refractivity contribution in [1.82, 2.24) is 0 Å². The van der Waals surface area contributed by atoms with Crippen LogP contribution in [0.2, 0.25) is 0 Å². The van der Waals surface area contributed by atoms with E-state index in [0.717, 1.165) is 9.13 Å². The van der Waals surface area contributed by atoms with Crippen LogP contribution in [0.25, 0.3) is 0 Å². The van der Waals surface area contributed by atoms with Gasteiger partial charge in [0, 0.05) is 15.8 Å². The number of ether oxygens (including phenoxy) is 1. The van der Waals surface area contributed by atoms with Gasteiger partial charge in [-0.25, -0.2) is 4.79 Å². The number of carbonyl (C=O) groups is 1. The Hall–Kier alpha value is -0.820. The van der Waals surface area contributed by atoms with Gasteiger partial charge in [-0.3, -0.25) is 5.32 Å². The Kier molecular flexibility index (Phi) is 4.76. The number of nitrogens with two attached hydrogens (primary N) is 1. The first-order valence-electron chi connectivity index (χ1n) is 5.30. The summed E-state index contributed by atoms with van der Waals surface area (Å²) in [7, 11) is 0. The van der Waals surface area contributed by atoms with Gasteiger partial charge in [-0.2, -0.15) is 0 Å². The van der Waals surface area contributed by atoms with Crippen LogP contribution < -0.4 is 11.1 Å². The summed E-state index contributed by atoms with van der Waals surface area (Å²) in [6, 6.07) is 5.67. The van der Waals surface area contributed by atoms with Crippen LogP contribution in [0, 0.1) is 3.57 Å². The van der Waals surface area contributed by atoms with Gasteiger partial charge in [0.05, 0.1) is 0 Å². The molecule has 1 aromatic rings. The van der Waals surface area contributed by atoms with Crippen LogP contribution in [0.15, 0.2) is 18.2 Å². The first kappa shape index (κ1) is 14.2. The van der Waals surface area contributed by atoms with Crippen LogP contribution in [0.1, 0.15) is 26.3 Å². The Labute approximate surface area is 115 Å². The molecule has 0 aliphatic heterocycles. The summed E-state index contributed by atoms with van der Waals surface area (Å²) in [6.45, 7) is 5.85. The molecule has 0 radical (unpaired) electrons. The molecule has 5 heteroatoms. The van der Waals surface area contributed by atoms with E-state index in [4.69, 9.17) is 10.5 Å². The molecule has 94 valence electrons. The van der Waals surface area contributed by atoms with E-state index in [1.54, 1.807) is 0 Å². The molecule has 3 N–H and O–H groups in total. The number of hydrogen-bond acceptors (Lipinski definition) is 3. The number of benzene rings is 1. The van der Waals surface area contributed by atoms with Crippen molar-refractivity contribution in [3.05, 3.63) is 27.3 Å². The van der Waals surface area contributed by atoms with E-state index in [-0.39, 0.29) is 0 Å². The minimum absolute atomic E-state index is 0.377. The van der Waals surface area contributed by atoms with E-state index in [0.29, 0.717) is 12.2 Å². The predicted molar refractivity (Wildman–Crippen MR) is 76.9 cm³/mol. The second-order valence-corrected chi connectivity index (χ2v) is 5.88. The van der Waals surface area contributed by atoms with Crippen molar-refractivity contribution in [3.8, 4) is 0 Å². The van der Waals surface area contributed by atoms with Crippen molar-refractivity contribution in [2.24, 2.45) is 5.73 Å². The highest BCUT2D eigenvalue weighted by atomic mass is 127. The maximum absolute atomic E-state index is 11.6. The third-order valence-corrected chi connectivity index (χ3v) is 2.59. The lowest BCUT2D eigenvalue weighted by molar-refractivity contribution is 0.0636.